The molecule has 53 heavy (non-hydrogen) atoms. The van der Waals surface area contributed by atoms with Gasteiger partial charge in [0.05, 0.1) is 19.3 Å². The number of aromatic nitrogens is 4. The molecule has 0 N–H and O–H groups in total. The maximum absolute atomic E-state index is 9.13. The lowest BCUT2D eigenvalue weighted by molar-refractivity contribution is 1.07. The predicted molar refractivity (Wildman–Crippen MR) is 219 cm³/mol. The number of nitrogens with zero attached hydrogens (tertiary/aromatic N) is 4. The van der Waals surface area contributed by atoms with Gasteiger partial charge in [0.1, 0.15) is 0 Å². The van der Waals surface area contributed by atoms with Gasteiger partial charge in [-0.15, -0.1) is 0 Å². The van der Waals surface area contributed by atoms with Crippen LogP contribution in [0.15, 0.2) is 194 Å². The van der Waals surface area contributed by atoms with E-state index in [1.165, 1.54) is 17.5 Å². The molecule has 0 radical (unpaired) electrons. The summed E-state index contributed by atoms with van der Waals surface area (Å²) in [6.07, 6.45) is 0. The van der Waals surface area contributed by atoms with Gasteiger partial charge in [-0.2, -0.15) is 0 Å². The second-order valence-electron chi connectivity index (χ2n) is 12.8. The van der Waals surface area contributed by atoms with Crippen molar-refractivity contribution in [2.45, 2.75) is 0 Å². The summed E-state index contributed by atoms with van der Waals surface area (Å²) in [6.45, 7) is 0. The van der Waals surface area contributed by atoms with Crippen LogP contribution in [0.1, 0.15) is 8.22 Å². The number of fused-ring (bicyclic) bond motifs is 4. The summed E-state index contributed by atoms with van der Waals surface area (Å²) in [5, 5.41) is 2.71. The molecular weight excluding hydrogens is 645 g/mol. The molecule has 0 aliphatic heterocycles. The lowest BCUT2D eigenvalue weighted by atomic mass is 9.97. The van der Waals surface area contributed by atoms with Gasteiger partial charge in [0.15, 0.2) is 17.5 Å². The zero-order valence-corrected chi connectivity index (χ0v) is 28.3. The summed E-state index contributed by atoms with van der Waals surface area (Å²) in [6, 6.07) is 50.2. The van der Waals surface area contributed by atoms with Crippen molar-refractivity contribution in [1.82, 2.24) is 19.5 Å². The summed E-state index contributed by atoms with van der Waals surface area (Å²) < 4.78 is 54.9. The first kappa shape index (κ1) is 24.9. The molecule has 0 saturated heterocycles. The van der Waals surface area contributed by atoms with E-state index in [9.17, 15) is 0 Å². The number of rotatable bonds is 6. The van der Waals surface area contributed by atoms with Crippen molar-refractivity contribution in [3.05, 3.63) is 194 Å². The molecule has 4 heteroatoms. The summed E-state index contributed by atoms with van der Waals surface area (Å²) in [7, 11) is 0. The lowest BCUT2D eigenvalue weighted by Gasteiger charge is -2.15. The van der Waals surface area contributed by atoms with Crippen molar-refractivity contribution >= 4 is 32.6 Å². The van der Waals surface area contributed by atoms with E-state index < -0.39 is 0 Å². The van der Waals surface area contributed by atoms with Crippen LogP contribution in [0, 0.1) is 0 Å². The van der Waals surface area contributed by atoms with E-state index in [0.29, 0.717) is 28.7 Å². The van der Waals surface area contributed by atoms with E-state index in [-0.39, 0.29) is 58.1 Å². The van der Waals surface area contributed by atoms with Crippen LogP contribution >= 0.6 is 0 Å². The predicted octanol–water partition coefficient (Wildman–Crippen LogP) is 12.5. The molecule has 0 atom stereocenters. The Morgan fingerprint density at radius 3 is 1.45 bits per heavy atom. The van der Waals surface area contributed by atoms with Crippen LogP contribution in [0.25, 0.3) is 94.7 Å². The molecule has 0 spiro atoms. The van der Waals surface area contributed by atoms with E-state index in [1.807, 2.05) is 91.0 Å². The molecule has 0 saturated carbocycles. The van der Waals surface area contributed by atoms with E-state index in [2.05, 4.69) is 54.6 Å². The Balaban J connectivity index is 1.24. The third-order valence-corrected chi connectivity index (χ3v) is 9.56. The average molecular weight is 683 g/mol. The highest BCUT2D eigenvalue weighted by Gasteiger charge is 2.17. The van der Waals surface area contributed by atoms with Crippen molar-refractivity contribution in [1.29, 1.82) is 0 Å². The molecule has 8 aromatic carbocycles. The molecule has 10 rings (SSSR count). The topological polar surface area (TPSA) is 43.6 Å². The first-order chi connectivity index (χ1) is 28.7. The van der Waals surface area contributed by atoms with Crippen molar-refractivity contribution < 1.29 is 8.22 Å². The van der Waals surface area contributed by atoms with Crippen LogP contribution < -0.4 is 0 Å². The molecule has 0 aliphatic carbocycles. The van der Waals surface area contributed by atoms with Gasteiger partial charge in [-0.3, -0.25) is 0 Å². The first-order valence-corrected chi connectivity index (χ1v) is 17.4. The zero-order valence-electron chi connectivity index (χ0n) is 34.3. The van der Waals surface area contributed by atoms with Gasteiger partial charge < -0.3 is 4.57 Å². The number of benzene rings is 8. The monoisotopic (exact) mass is 682 g/mol. The standard InChI is InChI=1S/C49H32N4/c1-3-14-36(15-4-1)47-50-48(37-16-5-2-6-17-37)52-49(51-47)41-30-40(35-25-23-34(24-26-35)39-28-27-33-13-7-8-18-38(33)29-39)31-42(32-41)53-45-21-11-9-19-43(45)44-20-10-12-22-46(44)53/h1-32H/i9D,10D,19D,20D,21D,22D. The Morgan fingerprint density at radius 1 is 0.358 bits per heavy atom. The van der Waals surface area contributed by atoms with Crippen LogP contribution in [0.3, 0.4) is 0 Å². The molecule has 0 aliphatic rings. The molecule has 10 aromatic rings. The SMILES string of the molecule is [2H]c1cc([2H])c2c(c1[2H])c1c([2H])c([2H])cc([2H])c1n2-c1cc(-c2ccc(-c3ccc4ccccc4c3)cc2)cc(-c2nc(-c3ccccc3)nc(-c3ccccc3)n2)c1. The van der Waals surface area contributed by atoms with Crippen LogP contribution in [-0.2, 0) is 0 Å². The first-order valence-electron chi connectivity index (χ1n) is 20.4. The number of hydrogen-bond donors (Lipinski definition) is 0. The molecule has 0 fully saturated rings. The lowest BCUT2D eigenvalue weighted by Crippen LogP contribution is -2.01. The largest absolute Gasteiger partial charge is 0.309 e. The molecule has 4 nitrogen and oxygen atoms in total. The minimum atomic E-state index is -0.170. The third-order valence-electron chi connectivity index (χ3n) is 9.56. The van der Waals surface area contributed by atoms with Gasteiger partial charge in [-0.25, -0.2) is 15.0 Å². The Bertz CT molecular complexity index is 3150. The second-order valence-corrected chi connectivity index (χ2v) is 12.8. The maximum Gasteiger partial charge on any atom is 0.164 e. The van der Waals surface area contributed by atoms with Crippen LogP contribution in [0.5, 0.6) is 0 Å². The maximum atomic E-state index is 9.13. The summed E-state index contributed by atoms with van der Waals surface area (Å²) in [5.41, 5.74) is 7.18. The fourth-order valence-corrected chi connectivity index (χ4v) is 6.97. The van der Waals surface area contributed by atoms with Gasteiger partial charge in [-0.05, 0) is 69.4 Å². The smallest absolute Gasteiger partial charge is 0.164 e. The zero-order chi connectivity index (χ0) is 40.4. The molecule has 0 amide bonds. The second kappa shape index (κ2) is 12.9. The van der Waals surface area contributed by atoms with E-state index >= 15 is 0 Å². The third kappa shape index (κ3) is 5.63. The molecule has 248 valence electrons. The van der Waals surface area contributed by atoms with Crippen LogP contribution in [0.2, 0.25) is 0 Å². The normalized spacial score (nSPS) is 13.0. The highest BCUT2D eigenvalue weighted by molar-refractivity contribution is 6.09. The average Bonchev–Trinajstić information content (AvgIpc) is 3.66. The van der Waals surface area contributed by atoms with Crippen molar-refractivity contribution in [2.24, 2.45) is 0 Å². The Kier molecular flexibility index (Phi) is 6.04. The van der Waals surface area contributed by atoms with Gasteiger partial charge in [0.2, 0.25) is 0 Å². The Labute approximate surface area is 315 Å². The molecule has 2 aromatic heterocycles. The van der Waals surface area contributed by atoms with Gasteiger partial charge in [-0.1, -0.05) is 158 Å². The van der Waals surface area contributed by atoms with E-state index in [4.69, 9.17) is 23.2 Å². The van der Waals surface area contributed by atoms with E-state index in [1.54, 1.807) is 4.57 Å². The molecule has 0 unspecified atom stereocenters. The van der Waals surface area contributed by atoms with Gasteiger partial charge >= 0.3 is 0 Å². The van der Waals surface area contributed by atoms with Crippen molar-refractivity contribution in [2.75, 3.05) is 0 Å². The van der Waals surface area contributed by atoms with Crippen LogP contribution in [0.4, 0.5) is 0 Å². The van der Waals surface area contributed by atoms with Gasteiger partial charge in [0.25, 0.3) is 0 Å². The minimum Gasteiger partial charge on any atom is -0.309 e. The highest BCUT2D eigenvalue weighted by Crippen LogP contribution is 2.37. The van der Waals surface area contributed by atoms with Gasteiger partial charge in [0, 0.05) is 33.2 Å². The molecular formula is C49H32N4. The number of hydrogen-bond acceptors (Lipinski definition) is 3. The van der Waals surface area contributed by atoms with Crippen molar-refractivity contribution in [3.8, 4) is 62.1 Å². The summed E-state index contributed by atoms with van der Waals surface area (Å²) in [5.74, 6) is 1.38. The summed E-state index contributed by atoms with van der Waals surface area (Å²) in [4.78, 5) is 15.0. The van der Waals surface area contributed by atoms with Crippen LogP contribution in [-0.4, -0.2) is 19.5 Å². The molecule has 0 bridgehead atoms. The van der Waals surface area contributed by atoms with Crippen molar-refractivity contribution in [3.63, 3.8) is 0 Å². The Hall–Kier alpha value is -7.17. The molecule has 2 heterocycles. The number of para-hydroxylation sites is 2. The fraction of sp³-hybridized carbons (Fsp3) is 0. The Morgan fingerprint density at radius 2 is 0.849 bits per heavy atom. The van der Waals surface area contributed by atoms with E-state index in [0.717, 1.165) is 38.8 Å². The fourth-order valence-electron chi connectivity index (χ4n) is 6.97. The highest BCUT2D eigenvalue weighted by atomic mass is 15.0. The quantitative estimate of drug-likeness (QED) is 0.175. The summed E-state index contributed by atoms with van der Waals surface area (Å²) >= 11 is 0. The minimum absolute atomic E-state index is 0.0351.